The highest BCUT2D eigenvalue weighted by atomic mass is 32.2. The standard InChI is InChI=1S/C24H50O4S/c1-3-5-7-9-10-11-12-13-14-15-16-17-18-19-21-23-24(25,29(26,27)28)22-20-8-6-4-2/h25H,3-23H2,1-2H3,(H,26,27,28). The molecule has 2 N–H and O–H groups in total. The first-order chi connectivity index (χ1) is 13.9. The van der Waals surface area contributed by atoms with Gasteiger partial charge >= 0.3 is 0 Å². The molecule has 5 heteroatoms. The lowest BCUT2D eigenvalue weighted by molar-refractivity contribution is 0.0884. The molecule has 0 bridgehead atoms. The second-order valence-corrected chi connectivity index (χ2v) is 10.6. The van der Waals surface area contributed by atoms with Crippen LogP contribution in [0, 0.1) is 0 Å². The largest absolute Gasteiger partial charge is 0.372 e. The molecule has 0 rings (SSSR count). The predicted octanol–water partition coefficient (Wildman–Crippen LogP) is 7.79. The summed E-state index contributed by atoms with van der Waals surface area (Å²) >= 11 is 0. The van der Waals surface area contributed by atoms with Crippen molar-refractivity contribution in [3.05, 3.63) is 0 Å². The molecule has 0 aliphatic carbocycles. The zero-order valence-corrected chi connectivity index (χ0v) is 20.3. The van der Waals surface area contributed by atoms with Crippen molar-refractivity contribution in [1.82, 2.24) is 0 Å². The minimum absolute atomic E-state index is 0.143. The van der Waals surface area contributed by atoms with Crippen LogP contribution in [-0.4, -0.2) is 23.0 Å². The Morgan fingerprint density at radius 2 is 0.759 bits per heavy atom. The summed E-state index contributed by atoms with van der Waals surface area (Å²) in [5, 5.41) is 10.4. The van der Waals surface area contributed by atoms with Crippen molar-refractivity contribution >= 4 is 10.1 Å². The van der Waals surface area contributed by atoms with Gasteiger partial charge in [0, 0.05) is 0 Å². The maximum Gasteiger partial charge on any atom is 0.294 e. The number of hydrogen-bond donors (Lipinski definition) is 2. The third-order valence-electron chi connectivity index (χ3n) is 6.07. The lowest BCUT2D eigenvalue weighted by atomic mass is 10.0. The fourth-order valence-electron chi connectivity index (χ4n) is 3.98. The van der Waals surface area contributed by atoms with Gasteiger partial charge in [-0.1, -0.05) is 123 Å². The normalized spacial score (nSPS) is 14.2. The van der Waals surface area contributed by atoms with Crippen molar-refractivity contribution in [2.45, 2.75) is 154 Å². The first-order valence-electron chi connectivity index (χ1n) is 12.6. The van der Waals surface area contributed by atoms with Gasteiger partial charge in [-0.15, -0.1) is 0 Å². The third-order valence-corrected chi connectivity index (χ3v) is 7.44. The van der Waals surface area contributed by atoms with E-state index >= 15 is 0 Å². The van der Waals surface area contributed by atoms with Crippen molar-refractivity contribution in [3.63, 3.8) is 0 Å². The average molecular weight is 435 g/mol. The van der Waals surface area contributed by atoms with E-state index in [-0.39, 0.29) is 12.8 Å². The van der Waals surface area contributed by atoms with Crippen LogP contribution < -0.4 is 0 Å². The maximum atomic E-state index is 11.6. The molecule has 0 fully saturated rings. The van der Waals surface area contributed by atoms with E-state index in [0.29, 0.717) is 12.8 Å². The molecule has 0 aromatic rings. The average Bonchev–Trinajstić information content (AvgIpc) is 2.67. The molecule has 1 atom stereocenters. The molecule has 0 aromatic carbocycles. The van der Waals surface area contributed by atoms with Crippen LogP contribution in [0.5, 0.6) is 0 Å². The van der Waals surface area contributed by atoms with Gasteiger partial charge in [-0.2, -0.15) is 8.42 Å². The molecule has 1 unspecified atom stereocenters. The summed E-state index contributed by atoms with van der Waals surface area (Å²) in [4.78, 5) is -1.95. The second-order valence-electron chi connectivity index (χ2n) is 8.93. The quantitative estimate of drug-likeness (QED) is 0.135. The fraction of sp³-hybridized carbons (Fsp3) is 1.00. The summed E-state index contributed by atoms with van der Waals surface area (Å²) < 4.78 is 32.6. The summed E-state index contributed by atoms with van der Waals surface area (Å²) in [7, 11) is -4.42. The molecule has 0 saturated carbocycles. The smallest absolute Gasteiger partial charge is 0.294 e. The number of hydrogen-bond acceptors (Lipinski definition) is 3. The van der Waals surface area contributed by atoms with Gasteiger partial charge in [-0.05, 0) is 25.7 Å². The lowest BCUT2D eigenvalue weighted by Gasteiger charge is -2.24. The highest BCUT2D eigenvalue weighted by molar-refractivity contribution is 7.87. The van der Waals surface area contributed by atoms with Crippen molar-refractivity contribution in [3.8, 4) is 0 Å². The van der Waals surface area contributed by atoms with Crippen LogP contribution >= 0.6 is 0 Å². The molecule has 0 spiro atoms. The molecule has 0 radical (unpaired) electrons. The Kier molecular flexibility index (Phi) is 18.5. The van der Waals surface area contributed by atoms with Crippen molar-refractivity contribution in [2.75, 3.05) is 0 Å². The number of unbranched alkanes of at least 4 members (excludes halogenated alkanes) is 17. The molecule has 0 aliphatic rings. The van der Waals surface area contributed by atoms with Crippen LogP contribution in [0.25, 0.3) is 0 Å². The SMILES string of the molecule is CCCCCCCCCCCCCCCCCC(O)(CCCCCC)S(=O)(=O)O. The Balaban J connectivity index is 3.63. The highest BCUT2D eigenvalue weighted by Crippen LogP contribution is 2.28. The molecular formula is C24H50O4S. The summed E-state index contributed by atoms with van der Waals surface area (Å²) in [6.45, 7) is 4.35. The van der Waals surface area contributed by atoms with E-state index in [0.717, 1.165) is 32.1 Å². The van der Waals surface area contributed by atoms with E-state index in [2.05, 4.69) is 13.8 Å². The fourth-order valence-corrected chi connectivity index (χ4v) is 4.79. The Bertz CT molecular complexity index is 450. The van der Waals surface area contributed by atoms with Gasteiger partial charge in [0.1, 0.15) is 0 Å². The van der Waals surface area contributed by atoms with Crippen molar-refractivity contribution < 1.29 is 18.1 Å². The van der Waals surface area contributed by atoms with Gasteiger partial charge < -0.3 is 5.11 Å². The molecule has 29 heavy (non-hydrogen) atoms. The van der Waals surface area contributed by atoms with Crippen molar-refractivity contribution in [2.24, 2.45) is 0 Å². The summed E-state index contributed by atoms with van der Waals surface area (Å²) in [6.07, 6.45) is 22.6. The van der Waals surface area contributed by atoms with E-state index in [4.69, 9.17) is 0 Å². The van der Waals surface area contributed by atoms with Crippen LogP contribution in [0.3, 0.4) is 0 Å². The first-order valence-corrected chi connectivity index (χ1v) is 14.0. The third kappa shape index (κ3) is 16.3. The van der Waals surface area contributed by atoms with E-state index in [1.54, 1.807) is 0 Å². The first kappa shape index (κ1) is 28.9. The molecule has 0 aromatic heterocycles. The Morgan fingerprint density at radius 1 is 0.517 bits per heavy atom. The Labute approximate surface area is 182 Å². The molecule has 0 heterocycles. The minimum Gasteiger partial charge on any atom is -0.372 e. The van der Waals surface area contributed by atoms with Gasteiger partial charge in [-0.25, -0.2) is 0 Å². The van der Waals surface area contributed by atoms with Crippen LogP contribution in [-0.2, 0) is 10.1 Å². The zero-order valence-electron chi connectivity index (χ0n) is 19.5. The summed E-state index contributed by atoms with van der Waals surface area (Å²) in [5.74, 6) is 0. The van der Waals surface area contributed by atoms with Gasteiger partial charge in [0.15, 0.2) is 4.93 Å². The Hall–Kier alpha value is -0.130. The number of aliphatic hydroxyl groups is 1. The molecule has 0 saturated heterocycles. The minimum atomic E-state index is -4.42. The van der Waals surface area contributed by atoms with E-state index < -0.39 is 15.1 Å². The van der Waals surface area contributed by atoms with Gasteiger partial charge in [0.25, 0.3) is 10.1 Å². The van der Waals surface area contributed by atoms with Gasteiger partial charge in [0.2, 0.25) is 0 Å². The van der Waals surface area contributed by atoms with E-state index in [9.17, 15) is 18.1 Å². The molecule has 176 valence electrons. The van der Waals surface area contributed by atoms with Crippen LogP contribution in [0.1, 0.15) is 149 Å². The monoisotopic (exact) mass is 434 g/mol. The topological polar surface area (TPSA) is 74.6 Å². The van der Waals surface area contributed by atoms with E-state index in [1.807, 2.05) is 0 Å². The molecule has 4 nitrogen and oxygen atoms in total. The molecular weight excluding hydrogens is 384 g/mol. The highest BCUT2D eigenvalue weighted by Gasteiger charge is 2.39. The summed E-state index contributed by atoms with van der Waals surface area (Å²) in [5.41, 5.74) is 0. The van der Waals surface area contributed by atoms with Gasteiger partial charge in [0.05, 0.1) is 0 Å². The van der Waals surface area contributed by atoms with Crippen LogP contribution in [0.15, 0.2) is 0 Å². The predicted molar refractivity (Wildman–Crippen MR) is 125 cm³/mol. The maximum absolute atomic E-state index is 11.6. The van der Waals surface area contributed by atoms with Crippen LogP contribution in [0.4, 0.5) is 0 Å². The zero-order chi connectivity index (χ0) is 21.8. The second kappa shape index (κ2) is 18.6. The molecule has 0 amide bonds. The number of rotatable bonds is 22. The summed E-state index contributed by atoms with van der Waals surface area (Å²) in [6, 6.07) is 0. The Morgan fingerprint density at radius 3 is 1.03 bits per heavy atom. The van der Waals surface area contributed by atoms with E-state index in [1.165, 1.54) is 77.0 Å². The van der Waals surface area contributed by atoms with Gasteiger partial charge in [-0.3, -0.25) is 4.55 Å². The lowest BCUT2D eigenvalue weighted by Crippen LogP contribution is -2.38. The van der Waals surface area contributed by atoms with Crippen molar-refractivity contribution in [1.29, 1.82) is 0 Å². The van der Waals surface area contributed by atoms with Crippen LogP contribution in [0.2, 0.25) is 0 Å². The molecule has 0 aliphatic heterocycles.